The molecule has 0 saturated heterocycles. The molecule has 1 saturated carbocycles. The summed E-state index contributed by atoms with van der Waals surface area (Å²) in [6.45, 7) is 2.18. The summed E-state index contributed by atoms with van der Waals surface area (Å²) >= 11 is 0. The van der Waals surface area contributed by atoms with Gasteiger partial charge in [-0.1, -0.05) is 19.3 Å². The zero-order valence-electron chi connectivity index (χ0n) is 15.8. The van der Waals surface area contributed by atoms with Gasteiger partial charge in [0.25, 0.3) is 5.91 Å². The highest BCUT2D eigenvalue weighted by Gasteiger charge is 2.20. The normalized spacial score (nSPS) is 15.0. The molecule has 4 rings (SSSR count). The first kappa shape index (κ1) is 18.2. The molecule has 2 aromatic heterocycles. The number of aromatic nitrogens is 4. The molecule has 0 spiro atoms. The molecule has 2 N–H and O–H groups in total. The number of rotatable bonds is 4. The largest absolute Gasteiger partial charge is 0.316 e. The summed E-state index contributed by atoms with van der Waals surface area (Å²) in [5.74, 6) is 0.388. The average Bonchev–Trinajstić information content (AvgIpc) is 3.17. The predicted octanol–water partition coefficient (Wildman–Crippen LogP) is 2.66. The van der Waals surface area contributed by atoms with Gasteiger partial charge in [-0.25, -0.2) is 4.68 Å². The van der Waals surface area contributed by atoms with E-state index < -0.39 is 11.1 Å². The van der Waals surface area contributed by atoms with Crippen LogP contribution in [0, 0.1) is 0 Å². The first-order valence-corrected chi connectivity index (χ1v) is 9.70. The van der Waals surface area contributed by atoms with E-state index in [9.17, 15) is 14.4 Å². The van der Waals surface area contributed by atoms with Gasteiger partial charge >= 0.3 is 11.1 Å². The number of aryl methyl sites for hydroxylation is 1. The third-order valence-corrected chi connectivity index (χ3v) is 5.39. The zero-order valence-corrected chi connectivity index (χ0v) is 15.8. The summed E-state index contributed by atoms with van der Waals surface area (Å²) < 4.78 is 3.29. The van der Waals surface area contributed by atoms with Crippen molar-refractivity contribution in [1.29, 1.82) is 0 Å². The van der Waals surface area contributed by atoms with Gasteiger partial charge in [0.2, 0.25) is 0 Å². The van der Waals surface area contributed by atoms with Crippen molar-refractivity contribution < 1.29 is 4.79 Å². The highest BCUT2D eigenvalue weighted by molar-refractivity contribution is 6.05. The number of nitrogens with one attached hydrogen (secondary N) is 2. The van der Waals surface area contributed by atoms with Crippen molar-refractivity contribution in [2.75, 3.05) is 5.32 Å². The van der Waals surface area contributed by atoms with Crippen molar-refractivity contribution in [3.8, 4) is 0 Å². The Bertz CT molecular complexity index is 1130. The lowest BCUT2D eigenvalue weighted by molar-refractivity contribution is 0.102. The van der Waals surface area contributed by atoms with Gasteiger partial charge in [0, 0.05) is 18.2 Å². The first-order valence-electron chi connectivity index (χ1n) is 9.70. The molecule has 0 aliphatic heterocycles. The maximum Gasteiger partial charge on any atom is 0.316 e. The maximum absolute atomic E-state index is 12.8. The van der Waals surface area contributed by atoms with E-state index in [1.807, 2.05) is 4.68 Å². The minimum absolute atomic E-state index is 0.283. The van der Waals surface area contributed by atoms with Crippen LogP contribution in [0.15, 0.2) is 40.1 Å². The predicted molar refractivity (Wildman–Crippen MR) is 107 cm³/mol. The number of H-pyrrole nitrogens is 1. The fourth-order valence-electron chi connectivity index (χ4n) is 3.95. The van der Waals surface area contributed by atoms with Crippen molar-refractivity contribution in [2.24, 2.45) is 0 Å². The quantitative estimate of drug-likeness (QED) is 0.678. The molecule has 1 aliphatic rings. The van der Waals surface area contributed by atoms with Crippen LogP contribution >= 0.6 is 0 Å². The number of benzene rings is 1. The van der Waals surface area contributed by atoms with Gasteiger partial charge in [0.15, 0.2) is 0 Å². The Hall–Kier alpha value is -3.16. The van der Waals surface area contributed by atoms with Crippen molar-refractivity contribution in [3.63, 3.8) is 0 Å². The summed E-state index contributed by atoms with van der Waals surface area (Å²) in [5.41, 5.74) is 0.169. The fourth-order valence-corrected chi connectivity index (χ4v) is 3.95. The third-order valence-electron chi connectivity index (χ3n) is 5.39. The molecule has 28 heavy (non-hydrogen) atoms. The molecule has 0 atom stereocenters. The van der Waals surface area contributed by atoms with E-state index in [1.165, 1.54) is 23.8 Å². The van der Waals surface area contributed by atoms with E-state index in [0.717, 1.165) is 12.8 Å². The van der Waals surface area contributed by atoms with E-state index in [1.54, 1.807) is 37.4 Å². The molecule has 8 heteroatoms. The van der Waals surface area contributed by atoms with Gasteiger partial charge in [-0.2, -0.15) is 5.10 Å². The van der Waals surface area contributed by atoms with E-state index >= 15 is 0 Å². The molecular weight excluding hydrogens is 358 g/mol. The Kier molecular flexibility index (Phi) is 4.85. The second-order valence-electron chi connectivity index (χ2n) is 7.14. The number of fused-ring (bicyclic) bond motifs is 1. The number of amides is 1. The Morgan fingerprint density at radius 3 is 2.75 bits per heavy atom. The molecule has 3 aromatic rings. The highest BCUT2D eigenvalue weighted by atomic mass is 16.2. The van der Waals surface area contributed by atoms with Crippen LogP contribution < -0.4 is 16.4 Å². The van der Waals surface area contributed by atoms with Gasteiger partial charge < -0.3 is 14.9 Å². The van der Waals surface area contributed by atoms with Crippen LogP contribution in [-0.2, 0) is 6.54 Å². The molecule has 0 radical (unpaired) electrons. The standard InChI is InChI=1S/C20H23N5O3/c1-2-24-16-9-8-13(12-15(16)22-19(27)20(24)28)18(26)23-17-10-11-21-25(17)14-6-4-3-5-7-14/h8-12,14H,2-7H2,1H3,(H,22,27)(H,23,26). The van der Waals surface area contributed by atoms with Crippen LogP contribution in [0.25, 0.3) is 11.0 Å². The van der Waals surface area contributed by atoms with Crippen LogP contribution in [0.4, 0.5) is 5.82 Å². The smallest absolute Gasteiger partial charge is 0.316 e. The van der Waals surface area contributed by atoms with E-state index in [4.69, 9.17) is 0 Å². The molecular formula is C20H23N5O3. The lowest BCUT2D eigenvalue weighted by Gasteiger charge is -2.23. The van der Waals surface area contributed by atoms with Crippen LogP contribution in [0.3, 0.4) is 0 Å². The fraction of sp³-hybridized carbons (Fsp3) is 0.400. The number of nitrogens with zero attached hydrogens (tertiary/aromatic N) is 3. The molecule has 8 nitrogen and oxygen atoms in total. The second-order valence-corrected chi connectivity index (χ2v) is 7.14. The van der Waals surface area contributed by atoms with E-state index in [2.05, 4.69) is 15.4 Å². The molecule has 0 bridgehead atoms. The number of aromatic amines is 1. The third kappa shape index (κ3) is 3.26. The first-order chi connectivity index (χ1) is 13.6. The molecule has 1 fully saturated rings. The minimum atomic E-state index is -0.692. The SMILES string of the molecule is CCn1c(=O)c(=O)[nH]c2cc(C(=O)Nc3ccnn3C3CCCCC3)ccc21. The lowest BCUT2D eigenvalue weighted by atomic mass is 9.96. The van der Waals surface area contributed by atoms with Crippen molar-refractivity contribution >= 4 is 22.8 Å². The van der Waals surface area contributed by atoms with Crippen molar-refractivity contribution in [2.45, 2.75) is 51.6 Å². The zero-order chi connectivity index (χ0) is 19.7. The Morgan fingerprint density at radius 2 is 2.00 bits per heavy atom. The number of hydrogen-bond acceptors (Lipinski definition) is 4. The Morgan fingerprint density at radius 1 is 1.21 bits per heavy atom. The number of hydrogen-bond donors (Lipinski definition) is 2. The molecule has 0 unspecified atom stereocenters. The van der Waals surface area contributed by atoms with Gasteiger partial charge in [-0.15, -0.1) is 0 Å². The van der Waals surface area contributed by atoms with Crippen LogP contribution in [0.2, 0.25) is 0 Å². The second kappa shape index (κ2) is 7.46. The number of carbonyl (C=O) groups excluding carboxylic acids is 1. The summed E-state index contributed by atoms with van der Waals surface area (Å²) in [7, 11) is 0. The van der Waals surface area contributed by atoms with Crippen LogP contribution in [-0.4, -0.2) is 25.2 Å². The molecule has 1 amide bonds. The molecule has 1 aromatic carbocycles. The Labute approximate surface area is 161 Å². The van der Waals surface area contributed by atoms with Gasteiger partial charge in [-0.05, 0) is 38.0 Å². The summed E-state index contributed by atoms with van der Waals surface area (Å²) in [6, 6.07) is 7.04. The summed E-state index contributed by atoms with van der Waals surface area (Å²) in [6.07, 6.45) is 7.43. The highest BCUT2D eigenvalue weighted by Crippen LogP contribution is 2.30. The Balaban J connectivity index is 1.63. The topological polar surface area (TPSA) is 102 Å². The van der Waals surface area contributed by atoms with Crippen molar-refractivity contribution in [1.82, 2.24) is 19.3 Å². The minimum Gasteiger partial charge on any atom is -0.316 e. The molecule has 2 heterocycles. The summed E-state index contributed by atoms with van der Waals surface area (Å²) in [5, 5.41) is 7.32. The number of carbonyl (C=O) groups is 1. The van der Waals surface area contributed by atoms with E-state index in [-0.39, 0.29) is 5.91 Å². The van der Waals surface area contributed by atoms with Crippen molar-refractivity contribution in [3.05, 3.63) is 56.7 Å². The maximum atomic E-state index is 12.8. The monoisotopic (exact) mass is 381 g/mol. The van der Waals surface area contributed by atoms with Crippen LogP contribution in [0.5, 0.6) is 0 Å². The van der Waals surface area contributed by atoms with Gasteiger partial charge in [0.1, 0.15) is 5.82 Å². The van der Waals surface area contributed by atoms with E-state index in [0.29, 0.717) is 35.0 Å². The molecule has 146 valence electrons. The van der Waals surface area contributed by atoms with Gasteiger partial charge in [0.05, 0.1) is 23.3 Å². The lowest BCUT2D eigenvalue weighted by Crippen LogP contribution is -2.36. The number of anilines is 1. The van der Waals surface area contributed by atoms with Gasteiger partial charge in [-0.3, -0.25) is 14.4 Å². The average molecular weight is 381 g/mol. The van der Waals surface area contributed by atoms with Crippen LogP contribution in [0.1, 0.15) is 55.4 Å². The molecule has 1 aliphatic carbocycles. The summed E-state index contributed by atoms with van der Waals surface area (Å²) in [4.78, 5) is 39.2.